The zero-order valence-electron chi connectivity index (χ0n) is 7.28. The molecule has 1 rings (SSSR count). The summed E-state index contributed by atoms with van der Waals surface area (Å²) < 4.78 is 0.678. The first-order valence-electron chi connectivity index (χ1n) is 3.79. The smallest absolute Gasteiger partial charge is 0.325 e. The van der Waals surface area contributed by atoms with Crippen molar-refractivity contribution >= 4 is 39.1 Å². The highest BCUT2D eigenvalue weighted by atomic mass is 79.9. The van der Waals surface area contributed by atoms with Gasteiger partial charge in [0.2, 0.25) is 0 Å². The summed E-state index contributed by atoms with van der Waals surface area (Å²) in [6.07, 6.45) is 0. The Kier molecular flexibility index (Phi) is 3.65. The molecule has 0 saturated heterocycles. The molecular weight excluding hydrogens is 270 g/mol. The number of thiophene rings is 1. The van der Waals surface area contributed by atoms with E-state index >= 15 is 0 Å². The molecule has 6 heteroatoms. The van der Waals surface area contributed by atoms with Crippen LogP contribution in [0.15, 0.2) is 15.9 Å². The Hall–Kier alpha value is -0.880. The summed E-state index contributed by atoms with van der Waals surface area (Å²) in [5.41, 5.74) is 0. The molecule has 0 bridgehead atoms. The van der Waals surface area contributed by atoms with Crippen molar-refractivity contribution in [2.45, 2.75) is 13.0 Å². The third kappa shape index (κ3) is 2.55. The summed E-state index contributed by atoms with van der Waals surface area (Å²) in [5.74, 6) is -1.42. The molecule has 1 heterocycles. The van der Waals surface area contributed by atoms with Gasteiger partial charge in [-0.15, -0.1) is 11.3 Å². The Morgan fingerprint density at radius 2 is 2.29 bits per heavy atom. The van der Waals surface area contributed by atoms with Crippen molar-refractivity contribution in [2.75, 3.05) is 0 Å². The normalized spacial score (nSPS) is 12.1. The molecule has 1 amide bonds. The van der Waals surface area contributed by atoms with E-state index in [9.17, 15) is 9.59 Å². The van der Waals surface area contributed by atoms with Crippen LogP contribution in [0.3, 0.4) is 0 Å². The van der Waals surface area contributed by atoms with Crippen molar-refractivity contribution in [3.05, 3.63) is 20.8 Å². The van der Waals surface area contributed by atoms with E-state index in [1.807, 2.05) is 0 Å². The van der Waals surface area contributed by atoms with Gasteiger partial charge in [-0.3, -0.25) is 9.59 Å². The number of hydrogen-bond acceptors (Lipinski definition) is 3. The summed E-state index contributed by atoms with van der Waals surface area (Å²) in [4.78, 5) is 22.4. The fourth-order valence-corrected chi connectivity index (χ4v) is 2.23. The monoisotopic (exact) mass is 277 g/mol. The lowest BCUT2D eigenvalue weighted by Crippen LogP contribution is -2.38. The van der Waals surface area contributed by atoms with Gasteiger partial charge in [-0.05, 0) is 34.3 Å². The van der Waals surface area contributed by atoms with Gasteiger partial charge in [-0.25, -0.2) is 0 Å². The number of carbonyl (C=O) groups excluding carboxylic acids is 1. The molecular formula is C8H8BrNO3S. The van der Waals surface area contributed by atoms with Gasteiger partial charge >= 0.3 is 5.97 Å². The number of rotatable bonds is 3. The lowest BCUT2D eigenvalue weighted by molar-refractivity contribution is -0.138. The SMILES string of the molecule is C[C@@H](NC(=O)c1sccc1Br)C(=O)O. The van der Waals surface area contributed by atoms with Crippen molar-refractivity contribution in [1.29, 1.82) is 0 Å². The Bertz CT molecular complexity index is 363. The van der Waals surface area contributed by atoms with E-state index in [1.54, 1.807) is 11.4 Å². The average molecular weight is 278 g/mol. The van der Waals surface area contributed by atoms with Crippen LogP contribution in [0.1, 0.15) is 16.6 Å². The Morgan fingerprint density at radius 1 is 1.64 bits per heavy atom. The number of amides is 1. The maximum atomic E-state index is 11.4. The number of carbonyl (C=O) groups is 2. The van der Waals surface area contributed by atoms with Crippen LogP contribution in [0, 0.1) is 0 Å². The van der Waals surface area contributed by atoms with Gasteiger partial charge in [-0.2, -0.15) is 0 Å². The van der Waals surface area contributed by atoms with E-state index in [1.165, 1.54) is 18.3 Å². The Morgan fingerprint density at radius 3 is 2.71 bits per heavy atom. The molecule has 2 N–H and O–H groups in total. The first kappa shape index (κ1) is 11.2. The van der Waals surface area contributed by atoms with Crippen LogP contribution >= 0.6 is 27.3 Å². The van der Waals surface area contributed by atoms with Gasteiger partial charge in [0.1, 0.15) is 10.9 Å². The summed E-state index contributed by atoms with van der Waals surface area (Å²) in [6, 6.07) is 0.863. The third-order valence-corrected chi connectivity index (χ3v) is 3.38. The van der Waals surface area contributed by atoms with Gasteiger partial charge in [0.25, 0.3) is 5.91 Å². The lowest BCUT2D eigenvalue weighted by Gasteiger charge is -2.07. The molecule has 1 aromatic heterocycles. The number of aliphatic carboxylic acids is 1. The summed E-state index contributed by atoms with van der Waals surface area (Å²) in [6.45, 7) is 1.42. The summed E-state index contributed by atoms with van der Waals surface area (Å²) in [5, 5.41) is 12.7. The molecule has 14 heavy (non-hydrogen) atoms. The Balaban J connectivity index is 2.69. The second-order valence-electron chi connectivity index (χ2n) is 2.63. The molecule has 0 unspecified atom stereocenters. The molecule has 1 aromatic rings. The highest BCUT2D eigenvalue weighted by molar-refractivity contribution is 9.10. The molecule has 1 atom stereocenters. The van der Waals surface area contributed by atoms with E-state index in [0.29, 0.717) is 9.35 Å². The molecule has 0 fully saturated rings. The van der Waals surface area contributed by atoms with Gasteiger partial charge < -0.3 is 10.4 Å². The predicted molar refractivity (Wildman–Crippen MR) is 56.6 cm³/mol. The van der Waals surface area contributed by atoms with Crippen LogP contribution in [-0.2, 0) is 4.79 Å². The molecule has 0 saturated carbocycles. The maximum absolute atomic E-state index is 11.4. The second-order valence-corrected chi connectivity index (χ2v) is 4.40. The molecule has 0 aliphatic carbocycles. The molecule has 0 aliphatic heterocycles. The predicted octanol–water partition coefficient (Wildman–Crippen LogP) is 1.71. The van der Waals surface area contributed by atoms with E-state index in [2.05, 4.69) is 21.2 Å². The third-order valence-electron chi connectivity index (χ3n) is 1.54. The molecule has 4 nitrogen and oxygen atoms in total. The molecule has 76 valence electrons. The fraction of sp³-hybridized carbons (Fsp3) is 0.250. The zero-order valence-corrected chi connectivity index (χ0v) is 9.68. The largest absolute Gasteiger partial charge is 0.480 e. The van der Waals surface area contributed by atoms with E-state index in [4.69, 9.17) is 5.11 Å². The molecule has 0 aromatic carbocycles. The van der Waals surface area contributed by atoms with Gasteiger partial charge in [0.15, 0.2) is 0 Å². The van der Waals surface area contributed by atoms with Crippen LogP contribution in [0.2, 0.25) is 0 Å². The number of carboxylic acids is 1. The number of nitrogens with one attached hydrogen (secondary N) is 1. The minimum atomic E-state index is -1.05. The lowest BCUT2D eigenvalue weighted by atomic mass is 10.3. The van der Waals surface area contributed by atoms with Crippen molar-refractivity contribution in [3.8, 4) is 0 Å². The van der Waals surface area contributed by atoms with E-state index in [-0.39, 0.29) is 5.91 Å². The Labute approximate surface area is 93.1 Å². The summed E-state index contributed by atoms with van der Waals surface area (Å²) in [7, 11) is 0. The van der Waals surface area contributed by atoms with Crippen LogP contribution in [0.4, 0.5) is 0 Å². The first-order valence-corrected chi connectivity index (χ1v) is 5.46. The average Bonchev–Trinajstić information content (AvgIpc) is 2.51. The molecule has 0 spiro atoms. The molecule has 0 aliphatic rings. The maximum Gasteiger partial charge on any atom is 0.325 e. The van der Waals surface area contributed by atoms with Crippen molar-refractivity contribution in [3.63, 3.8) is 0 Å². The van der Waals surface area contributed by atoms with Gasteiger partial charge in [0.05, 0.1) is 0 Å². The van der Waals surface area contributed by atoms with Gasteiger partial charge in [0, 0.05) is 4.47 Å². The fourth-order valence-electron chi connectivity index (χ4n) is 0.780. The standard InChI is InChI=1S/C8H8BrNO3S/c1-4(8(12)13)10-7(11)6-5(9)2-3-14-6/h2-4H,1H3,(H,10,11)(H,12,13)/t4-/m1/s1. The minimum Gasteiger partial charge on any atom is -0.480 e. The van der Waals surface area contributed by atoms with Crippen LogP contribution in [0.25, 0.3) is 0 Å². The van der Waals surface area contributed by atoms with E-state index < -0.39 is 12.0 Å². The minimum absolute atomic E-state index is 0.373. The van der Waals surface area contributed by atoms with Crippen molar-refractivity contribution in [2.24, 2.45) is 0 Å². The first-order chi connectivity index (χ1) is 6.52. The zero-order chi connectivity index (χ0) is 10.7. The van der Waals surface area contributed by atoms with Crippen molar-refractivity contribution in [1.82, 2.24) is 5.32 Å². The quantitative estimate of drug-likeness (QED) is 0.884. The van der Waals surface area contributed by atoms with Gasteiger partial charge in [-0.1, -0.05) is 0 Å². The highest BCUT2D eigenvalue weighted by Crippen LogP contribution is 2.22. The van der Waals surface area contributed by atoms with Crippen LogP contribution < -0.4 is 5.32 Å². The van der Waals surface area contributed by atoms with Crippen LogP contribution in [0.5, 0.6) is 0 Å². The number of halogens is 1. The topological polar surface area (TPSA) is 66.4 Å². The second kappa shape index (κ2) is 4.56. The van der Waals surface area contributed by atoms with Crippen LogP contribution in [-0.4, -0.2) is 23.0 Å². The number of carboxylic acid groups (broad SMARTS) is 1. The highest BCUT2D eigenvalue weighted by Gasteiger charge is 2.17. The summed E-state index contributed by atoms with van der Waals surface area (Å²) >= 11 is 4.46. The number of hydrogen-bond donors (Lipinski definition) is 2. The van der Waals surface area contributed by atoms with E-state index in [0.717, 1.165) is 0 Å². The molecule has 0 radical (unpaired) electrons. The van der Waals surface area contributed by atoms with Crippen molar-refractivity contribution < 1.29 is 14.7 Å².